The Hall–Kier alpha value is -1.35. The Morgan fingerprint density at radius 3 is 2.74 bits per heavy atom. The van der Waals surface area contributed by atoms with E-state index in [-0.39, 0.29) is 5.54 Å². The predicted octanol–water partition coefficient (Wildman–Crippen LogP) is 3.12. The molecule has 1 aliphatic carbocycles. The molecular weight excluding hydrogens is 234 g/mol. The quantitative estimate of drug-likeness (QED) is 0.914. The Kier molecular flexibility index (Phi) is 2.90. The lowest BCUT2D eigenvalue weighted by Crippen LogP contribution is -2.32. The van der Waals surface area contributed by atoms with E-state index in [1.807, 2.05) is 0 Å². The van der Waals surface area contributed by atoms with E-state index in [9.17, 15) is 0 Å². The highest BCUT2D eigenvalue weighted by molar-refractivity contribution is 5.77. The molecule has 0 bridgehead atoms. The van der Waals surface area contributed by atoms with Crippen LogP contribution >= 0.6 is 0 Å². The molecule has 3 heteroatoms. The molecule has 102 valence electrons. The molecule has 3 nitrogen and oxygen atoms in total. The van der Waals surface area contributed by atoms with Gasteiger partial charge < -0.3 is 10.3 Å². The van der Waals surface area contributed by atoms with Crippen molar-refractivity contribution in [3.63, 3.8) is 0 Å². The van der Waals surface area contributed by atoms with E-state index in [4.69, 9.17) is 10.7 Å². The molecule has 0 spiro atoms. The first-order valence-corrected chi connectivity index (χ1v) is 7.18. The van der Waals surface area contributed by atoms with E-state index in [2.05, 4.69) is 43.7 Å². The van der Waals surface area contributed by atoms with E-state index in [1.165, 1.54) is 29.7 Å². The zero-order chi connectivity index (χ0) is 13.6. The van der Waals surface area contributed by atoms with Crippen molar-refractivity contribution in [2.24, 2.45) is 12.8 Å². The maximum Gasteiger partial charge on any atom is 0.112 e. The van der Waals surface area contributed by atoms with Crippen LogP contribution in [0.15, 0.2) is 18.2 Å². The lowest BCUT2D eigenvalue weighted by Gasteiger charge is -2.17. The van der Waals surface area contributed by atoms with E-state index in [1.54, 1.807) is 0 Å². The van der Waals surface area contributed by atoms with Crippen molar-refractivity contribution in [1.82, 2.24) is 9.55 Å². The number of imidazole rings is 1. The van der Waals surface area contributed by atoms with Crippen molar-refractivity contribution >= 4 is 11.0 Å². The van der Waals surface area contributed by atoms with Crippen LogP contribution in [0.5, 0.6) is 0 Å². The largest absolute Gasteiger partial charge is 0.331 e. The van der Waals surface area contributed by atoms with Gasteiger partial charge in [0.25, 0.3) is 0 Å². The van der Waals surface area contributed by atoms with Crippen molar-refractivity contribution < 1.29 is 0 Å². The number of fused-ring (bicyclic) bond motifs is 1. The number of aromatic nitrogens is 2. The second kappa shape index (κ2) is 4.34. The van der Waals surface area contributed by atoms with Crippen LogP contribution in [0.1, 0.15) is 50.4 Å². The summed E-state index contributed by atoms with van der Waals surface area (Å²) >= 11 is 0. The van der Waals surface area contributed by atoms with Gasteiger partial charge in [0.05, 0.1) is 11.0 Å². The van der Waals surface area contributed by atoms with E-state index in [0.29, 0.717) is 5.92 Å². The molecule has 1 aliphatic rings. The first kappa shape index (κ1) is 12.7. The average molecular weight is 257 g/mol. The zero-order valence-electron chi connectivity index (χ0n) is 12.1. The molecule has 0 radical (unpaired) electrons. The Bertz CT molecular complexity index is 600. The molecule has 1 aromatic carbocycles. The van der Waals surface area contributed by atoms with Gasteiger partial charge in [0.15, 0.2) is 0 Å². The normalized spacial score (nSPS) is 16.2. The smallest absolute Gasteiger partial charge is 0.112 e. The number of rotatable bonds is 4. The number of nitrogens with zero attached hydrogens (tertiary/aromatic N) is 2. The van der Waals surface area contributed by atoms with Crippen molar-refractivity contribution in [3.05, 3.63) is 29.6 Å². The van der Waals surface area contributed by atoms with Gasteiger partial charge in [-0.3, -0.25) is 0 Å². The number of benzene rings is 1. The zero-order valence-corrected chi connectivity index (χ0v) is 12.1. The predicted molar refractivity (Wildman–Crippen MR) is 79.3 cm³/mol. The minimum absolute atomic E-state index is 0.0966. The molecule has 0 aliphatic heterocycles. The fourth-order valence-electron chi connectivity index (χ4n) is 2.58. The molecule has 2 N–H and O–H groups in total. The Labute approximate surface area is 114 Å². The Morgan fingerprint density at radius 2 is 2.11 bits per heavy atom. The van der Waals surface area contributed by atoms with Gasteiger partial charge in [0.1, 0.15) is 5.82 Å². The lowest BCUT2D eigenvalue weighted by atomic mass is 9.96. The maximum atomic E-state index is 6.06. The standard InChI is InChI=1S/C16H23N3/c1-16(2,17)9-8-11-4-7-13-14(10-11)19(3)15(18-13)12-5-6-12/h4,7,10,12H,5-6,8-9,17H2,1-3H3. The van der Waals surface area contributed by atoms with E-state index >= 15 is 0 Å². The third-order valence-corrected chi connectivity index (χ3v) is 3.98. The van der Waals surface area contributed by atoms with Gasteiger partial charge in [0, 0.05) is 18.5 Å². The van der Waals surface area contributed by atoms with Gasteiger partial charge in [-0.2, -0.15) is 0 Å². The van der Waals surface area contributed by atoms with Crippen LogP contribution in [-0.2, 0) is 13.5 Å². The van der Waals surface area contributed by atoms with Crippen LogP contribution in [0.2, 0.25) is 0 Å². The average Bonchev–Trinajstić information content (AvgIpc) is 3.12. The molecule has 0 amide bonds. The third-order valence-electron chi connectivity index (χ3n) is 3.98. The van der Waals surface area contributed by atoms with Crippen LogP contribution in [0.25, 0.3) is 11.0 Å². The van der Waals surface area contributed by atoms with Crippen molar-refractivity contribution in [2.75, 3.05) is 0 Å². The van der Waals surface area contributed by atoms with Gasteiger partial charge in [-0.05, 0) is 57.2 Å². The van der Waals surface area contributed by atoms with Gasteiger partial charge in [-0.15, -0.1) is 0 Å². The fourth-order valence-corrected chi connectivity index (χ4v) is 2.58. The summed E-state index contributed by atoms with van der Waals surface area (Å²) in [6, 6.07) is 6.62. The van der Waals surface area contributed by atoms with Crippen molar-refractivity contribution in [1.29, 1.82) is 0 Å². The lowest BCUT2D eigenvalue weighted by molar-refractivity contribution is 0.477. The Balaban J connectivity index is 1.89. The molecule has 1 heterocycles. The highest BCUT2D eigenvalue weighted by atomic mass is 15.1. The molecule has 0 saturated heterocycles. The molecule has 1 saturated carbocycles. The number of hydrogen-bond acceptors (Lipinski definition) is 2. The monoisotopic (exact) mass is 257 g/mol. The van der Waals surface area contributed by atoms with Crippen LogP contribution in [-0.4, -0.2) is 15.1 Å². The first-order valence-electron chi connectivity index (χ1n) is 7.18. The van der Waals surface area contributed by atoms with E-state index in [0.717, 1.165) is 18.4 Å². The molecule has 1 aromatic heterocycles. The van der Waals surface area contributed by atoms with Crippen LogP contribution in [0, 0.1) is 0 Å². The molecule has 19 heavy (non-hydrogen) atoms. The second-order valence-corrected chi connectivity index (χ2v) is 6.61. The maximum absolute atomic E-state index is 6.06. The minimum Gasteiger partial charge on any atom is -0.331 e. The Morgan fingerprint density at radius 1 is 1.37 bits per heavy atom. The third kappa shape index (κ3) is 2.66. The van der Waals surface area contributed by atoms with Gasteiger partial charge >= 0.3 is 0 Å². The summed E-state index contributed by atoms with van der Waals surface area (Å²) in [4.78, 5) is 4.76. The van der Waals surface area contributed by atoms with Crippen LogP contribution in [0.4, 0.5) is 0 Å². The molecule has 0 atom stereocenters. The van der Waals surface area contributed by atoms with E-state index < -0.39 is 0 Å². The summed E-state index contributed by atoms with van der Waals surface area (Å²) in [6.07, 6.45) is 4.63. The van der Waals surface area contributed by atoms with Gasteiger partial charge in [0.2, 0.25) is 0 Å². The van der Waals surface area contributed by atoms with Crippen molar-refractivity contribution in [2.45, 2.75) is 51.0 Å². The molecule has 2 aromatic rings. The fraction of sp³-hybridized carbons (Fsp3) is 0.562. The summed E-state index contributed by atoms with van der Waals surface area (Å²) in [5.74, 6) is 1.95. The number of nitrogens with two attached hydrogens (primary N) is 1. The second-order valence-electron chi connectivity index (χ2n) is 6.61. The van der Waals surface area contributed by atoms with Crippen LogP contribution < -0.4 is 5.73 Å². The molecule has 1 fully saturated rings. The summed E-state index contributed by atoms with van der Waals surface area (Å²) in [5.41, 5.74) is 9.71. The van der Waals surface area contributed by atoms with Gasteiger partial charge in [-0.1, -0.05) is 6.07 Å². The SMILES string of the molecule is Cn1c(C2CC2)nc2ccc(CCC(C)(C)N)cc21. The van der Waals surface area contributed by atoms with Crippen molar-refractivity contribution in [3.8, 4) is 0 Å². The molecule has 0 unspecified atom stereocenters. The summed E-state index contributed by atoms with van der Waals surface area (Å²) in [5, 5.41) is 0. The van der Waals surface area contributed by atoms with Gasteiger partial charge in [-0.25, -0.2) is 4.98 Å². The summed E-state index contributed by atoms with van der Waals surface area (Å²) in [7, 11) is 2.14. The molecular formula is C16H23N3. The minimum atomic E-state index is -0.0966. The number of hydrogen-bond donors (Lipinski definition) is 1. The first-order chi connectivity index (χ1) is 8.94. The van der Waals surface area contributed by atoms with Crippen LogP contribution in [0.3, 0.4) is 0 Å². The summed E-state index contributed by atoms with van der Waals surface area (Å²) in [6.45, 7) is 4.17. The topological polar surface area (TPSA) is 43.8 Å². The highest BCUT2D eigenvalue weighted by Crippen LogP contribution is 2.40. The summed E-state index contributed by atoms with van der Waals surface area (Å²) < 4.78 is 2.27. The highest BCUT2D eigenvalue weighted by Gasteiger charge is 2.28. The number of aryl methyl sites for hydroxylation is 2. The molecule has 3 rings (SSSR count).